The molecular weight excluding hydrogens is 378 g/mol. The van der Waals surface area contributed by atoms with Crippen molar-refractivity contribution in [3.05, 3.63) is 78.6 Å². The first-order chi connectivity index (χ1) is 13.5. The zero-order valence-corrected chi connectivity index (χ0v) is 15.9. The number of methoxy groups -OCH3 is 1. The predicted molar refractivity (Wildman–Crippen MR) is 105 cm³/mol. The maximum Gasteiger partial charge on any atom is 0.319 e. The predicted octanol–water partition coefficient (Wildman–Crippen LogP) is 3.24. The average molecular weight is 397 g/mol. The lowest BCUT2D eigenvalue weighted by atomic mass is 10.3. The third-order valence-electron chi connectivity index (χ3n) is 3.97. The van der Waals surface area contributed by atoms with Gasteiger partial charge in [0.1, 0.15) is 5.75 Å². The quantitative estimate of drug-likeness (QED) is 0.665. The summed E-state index contributed by atoms with van der Waals surface area (Å²) in [7, 11) is -2.13. The number of amides is 2. The number of anilines is 1. The highest BCUT2D eigenvalue weighted by Crippen LogP contribution is 2.24. The lowest BCUT2D eigenvalue weighted by molar-refractivity contribution is 0.251. The Labute approximate surface area is 163 Å². The smallest absolute Gasteiger partial charge is 0.319 e. The van der Waals surface area contributed by atoms with Crippen LogP contribution in [0.3, 0.4) is 0 Å². The molecule has 0 saturated heterocycles. The molecule has 0 aliphatic heterocycles. The van der Waals surface area contributed by atoms with Crippen molar-refractivity contribution < 1.29 is 17.9 Å². The van der Waals surface area contributed by atoms with Crippen molar-refractivity contribution in [1.29, 1.82) is 0 Å². The molecule has 0 bridgehead atoms. The summed E-state index contributed by atoms with van der Waals surface area (Å²) in [6, 6.07) is 15.4. The van der Waals surface area contributed by atoms with Crippen LogP contribution in [0.2, 0.25) is 0 Å². The Morgan fingerprint density at radius 3 is 2.21 bits per heavy atom. The van der Waals surface area contributed by atoms with E-state index < -0.39 is 15.9 Å². The van der Waals surface area contributed by atoms with Gasteiger partial charge >= 0.3 is 6.03 Å². The number of nitrogens with one attached hydrogen (secondary N) is 2. The molecule has 1 heterocycles. The molecule has 2 amide bonds. The normalized spacial score (nSPS) is 10.9. The van der Waals surface area contributed by atoms with Crippen molar-refractivity contribution in [2.45, 2.75) is 16.3 Å². The molecule has 0 aliphatic carbocycles. The van der Waals surface area contributed by atoms with Gasteiger partial charge in [0.15, 0.2) is 0 Å². The number of nitrogens with zero attached hydrogens (tertiary/aromatic N) is 1. The van der Waals surface area contributed by atoms with Gasteiger partial charge < -0.3 is 15.4 Å². The molecule has 0 spiro atoms. The van der Waals surface area contributed by atoms with E-state index in [4.69, 9.17) is 4.74 Å². The fourth-order valence-corrected chi connectivity index (χ4v) is 3.73. The van der Waals surface area contributed by atoms with Crippen molar-refractivity contribution in [3.8, 4) is 5.75 Å². The Bertz CT molecular complexity index is 1040. The van der Waals surface area contributed by atoms with E-state index >= 15 is 0 Å². The van der Waals surface area contributed by atoms with E-state index in [1.165, 1.54) is 31.4 Å². The van der Waals surface area contributed by atoms with Crippen LogP contribution in [0, 0.1) is 0 Å². The highest BCUT2D eigenvalue weighted by atomic mass is 32.2. The third-order valence-corrected chi connectivity index (χ3v) is 5.75. The summed E-state index contributed by atoms with van der Waals surface area (Å²) < 4.78 is 30.4. The molecule has 1 aromatic heterocycles. The lowest BCUT2D eigenvalue weighted by Crippen LogP contribution is -2.28. The topological polar surface area (TPSA) is 97.4 Å². The number of aromatic nitrogens is 1. The fraction of sp³-hybridized carbons (Fsp3) is 0.100. The summed E-state index contributed by atoms with van der Waals surface area (Å²) >= 11 is 0. The summed E-state index contributed by atoms with van der Waals surface area (Å²) in [5, 5.41) is 5.37. The molecule has 8 heteroatoms. The van der Waals surface area contributed by atoms with Crippen molar-refractivity contribution in [3.63, 3.8) is 0 Å². The second-order valence-electron chi connectivity index (χ2n) is 5.87. The highest BCUT2D eigenvalue weighted by Gasteiger charge is 2.17. The molecule has 3 rings (SSSR count). The number of pyridine rings is 1. The van der Waals surface area contributed by atoms with E-state index in [1.807, 2.05) is 6.07 Å². The summed E-state index contributed by atoms with van der Waals surface area (Å²) in [6.45, 7) is 0.337. The van der Waals surface area contributed by atoms with Crippen LogP contribution in [-0.4, -0.2) is 26.5 Å². The van der Waals surface area contributed by atoms with Gasteiger partial charge in [0, 0.05) is 24.6 Å². The Balaban J connectivity index is 1.64. The monoisotopic (exact) mass is 397 g/mol. The van der Waals surface area contributed by atoms with Crippen molar-refractivity contribution >= 4 is 21.6 Å². The van der Waals surface area contributed by atoms with Crippen LogP contribution in [-0.2, 0) is 16.4 Å². The van der Waals surface area contributed by atoms with Crippen LogP contribution in [0.4, 0.5) is 10.5 Å². The van der Waals surface area contributed by atoms with Gasteiger partial charge in [-0.3, -0.25) is 4.98 Å². The number of carbonyl (C=O) groups is 1. The number of hydrogen-bond donors (Lipinski definition) is 2. The van der Waals surface area contributed by atoms with Gasteiger partial charge in [0.05, 0.1) is 16.9 Å². The van der Waals surface area contributed by atoms with E-state index in [2.05, 4.69) is 15.6 Å². The maximum atomic E-state index is 12.7. The molecule has 2 N–H and O–H groups in total. The lowest BCUT2D eigenvalue weighted by Gasteiger charge is -2.09. The first-order valence-corrected chi connectivity index (χ1v) is 9.90. The first-order valence-electron chi connectivity index (χ1n) is 8.42. The Morgan fingerprint density at radius 2 is 1.64 bits per heavy atom. The zero-order valence-electron chi connectivity index (χ0n) is 15.1. The van der Waals surface area contributed by atoms with Crippen LogP contribution in [0.25, 0.3) is 0 Å². The largest absolute Gasteiger partial charge is 0.497 e. The van der Waals surface area contributed by atoms with Crippen LogP contribution >= 0.6 is 0 Å². The number of benzene rings is 2. The molecule has 0 unspecified atom stereocenters. The molecule has 0 fully saturated rings. The Kier molecular flexibility index (Phi) is 5.90. The summed E-state index contributed by atoms with van der Waals surface area (Å²) in [6.07, 6.45) is 3.32. The van der Waals surface area contributed by atoms with Gasteiger partial charge in [-0.05, 0) is 60.2 Å². The minimum atomic E-state index is -3.65. The van der Waals surface area contributed by atoms with Gasteiger partial charge in [-0.1, -0.05) is 6.07 Å². The number of urea groups is 1. The molecule has 0 aliphatic rings. The zero-order chi connectivity index (χ0) is 20.0. The molecule has 2 aromatic carbocycles. The van der Waals surface area contributed by atoms with Gasteiger partial charge in [-0.15, -0.1) is 0 Å². The van der Waals surface area contributed by atoms with Crippen LogP contribution in [0.5, 0.6) is 5.75 Å². The number of carbonyl (C=O) groups excluding carboxylic acids is 1. The SMILES string of the molecule is COc1ccc(S(=O)(=O)c2ccc(NC(=O)NCc3cccnc3)cc2)cc1. The van der Waals surface area contributed by atoms with E-state index in [0.29, 0.717) is 18.0 Å². The molecule has 0 atom stereocenters. The van der Waals surface area contributed by atoms with Crippen molar-refractivity contribution in [1.82, 2.24) is 10.3 Å². The second-order valence-corrected chi connectivity index (χ2v) is 7.82. The minimum absolute atomic E-state index is 0.138. The van der Waals surface area contributed by atoms with Gasteiger partial charge in [-0.25, -0.2) is 13.2 Å². The fourth-order valence-electron chi connectivity index (χ4n) is 2.47. The van der Waals surface area contributed by atoms with Crippen molar-refractivity contribution in [2.24, 2.45) is 0 Å². The average Bonchev–Trinajstić information content (AvgIpc) is 2.73. The second kappa shape index (κ2) is 8.53. The minimum Gasteiger partial charge on any atom is -0.497 e. The van der Waals surface area contributed by atoms with Crippen LogP contribution in [0.1, 0.15) is 5.56 Å². The third kappa shape index (κ3) is 4.66. The summed E-state index contributed by atoms with van der Waals surface area (Å²) in [5.74, 6) is 0.579. The number of ether oxygens (including phenoxy) is 1. The Hall–Kier alpha value is -3.39. The standard InChI is InChI=1S/C20H19N3O4S/c1-27-17-6-10-19(11-7-17)28(25,26)18-8-4-16(5-9-18)23-20(24)22-14-15-3-2-12-21-13-15/h2-13H,14H2,1H3,(H2,22,23,24). The van der Waals surface area contributed by atoms with Crippen molar-refractivity contribution in [2.75, 3.05) is 12.4 Å². The first kappa shape index (κ1) is 19.4. The van der Waals surface area contributed by atoms with Gasteiger partial charge in [-0.2, -0.15) is 0 Å². The van der Waals surface area contributed by atoms with E-state index in [-0.39, 0.29) is 9.79 Å². The van der Waals surface area contributed by atoms with E-state index in [9.17, 15) is 13.2 Å². The van der Waals surface area contributed by atoms with Gasteiger partial charge in [0.2, 0.25) is 9.84 Å². The number of hydrogen-bond acceptors (Lipinski definition) is 5. The summed E-state index contributed by atoms with van der Waals surface area (Å²) in [4.78, 5) is 16.3. The molecule has 28 heavy (non-hydrogen) atoms. The van der Waals surface area contributed by atoms with E-state index in [0.717, 1.165) is 5.56 Å². The van der Waals surface area contributed by atoms with Crippen LogP contribution < -0.4 is 15.4 Å². The molecule has 144 valence electrons. The van der Waals surface area contributed by atoms with Gasteiger partial charge in [0.25, 0.3) is 0 Å². The molecular formula is C20H19N3O4S. The summed E-state index contributed by atoms with van der Waals surface area (Å²) in [5.41, 5.74) is 1.36. The van der Waals surface area contributed by atoms with Crippen LogP contribution in [0.15, 0.2) is 82.8 Å². The van der Waals surface area contributed by atoms with E-state index in [1.54, 1.807) is 42.7 Å². The number of rotatable bonds is 6. The molecule has 0 saturated carbocycles. The molecule has 3 aromatic rings. The maximum absolute atomic E-state index is 12.7. The molecule has 0 radical (unpaired) electrons. The number of sulfone groups is 1. The highest BCUT2D eigenvalue weighted by molar-refractivity contribution is 7.91. The molecule has 7 nitrogen and oxygen atoms in total. The Morgan fingerprint density at radius 1 is 1.00 bits per heavy atom.